The summed E-state index contributed by atoms with van der Waals surface area (Å²) in [5.74, 6) is -0.746. The molecule has 2 aliphatic carbocycles. The normalized spacial score (nSPS) is 26.4. The molecule has 0 aliphatic heterocycles. The summed E-state index contributed by atoms with van der Waals surface area (Å²) in [6.45, 7) is 6.22. The summed E-state index contributed by atoms with van der Waals surface area (Å²) in [7, 11) is 0. The van der Waals surface area contributed by atoms with Gasteiger partial charge in [-0.3, -0.25) is 4.79 Å². The van der Waals surface area contributed by atoms with Gasteiger partial charge in [0.2, 0.25) is 0 Å². The molecule has 0 bridgehead atoms. The molecule has 1 aromatic carbocycles. The van der Waals surface area contributed by atoms with Gasteiger partial charge in [0.15, 0.2) is 0 Å². The lowest BCUT2D eigenvalue weighted by atomic mass is 9.75. The number of carbonyl (C=O) groups is 1. The average molecular weight is 369 g/mol. The van der Waals surface area contributed by atoms with Crippen LogP contribution in [0.15, 0.2) is 64.5 Å². The van der Waals surface area contributed by atoms with E-state index in [9.17, 15) is 20.1 Å². The second-order valence-electron chi connectivity index (χ2n) is 7.56. The first-order valence-corrected chi connectivity index (χ1v) is 9.35. The fraction of sp³-hybridized carbons (Fsp3) is 0.409. The number of nitrogens with one attached hydrogen (secondary N) is 1. The number of hydrogen-bond donors (Lipinski definition) is 4. The van der Waals surface area contributed by atoms with Crippen molar-refractivity contribution in [2.24, 2.45) is 5.92 Å². The summed E-state index contributed by atoms with van der Waals surface area (Å²) in [6, 6.07) is 9.86. The van der Waals surface area contributed by atoms with Gasteiger partial charge < -0.3 is 20.6 Å². The van der Waals surface area contributed by atoms with E-state index in [-0.39, 0.29) is 29.6 Å². The van der Waals surface area contributed by atoms with Gasteiger partial charge >= 0.3 is 0 Å². The molecule has 3 rings (SSSR count). The number of aliphatic hydroxyl groups excluding tert-OH is 3. The van der Waals surface area contributed by atoms with E-state index < -0.39 is 18.1 Å². The minimum absolute atomic E-state index is 0.0642. The number of rotatable bonds is 4. The van der Waals surface area contributed by atoms with Gasteiger partial charge in [-0.15, -0.1) is 0 Å². The Morgan fingerprint density at radius 1 is 1.26 bits per heavy atom. The van der Waals surface area contributed by atoms with Crippen LogP contribution >= 0.6 is 0 Å². The molecule has 5 heteroatoms. The smallest absolute Gasteiger partial charge is 0.255 e. The Morgan fingerprint density at radius 3 is 2.59 bits per heavy atom. The van der Waals surface area contributed by atoms with Gasteiger partial charge in [0.1, 0.15) is 11.9 Å². The largest absolute Gasteiger partial charge is 0.509 e. The van der Waals surface area contributed by atoms with Gasteiger partial charge in [0.05, 0.1) is 11.7 Å². The van der Waals surface area contributed by atoms with Crippen molar-refractivity contribution in [1.82, 2.24) is 5.32 Å². The Bertz CT molecular complexity index is 822. The van der Waals surface area contributed by atoms with E-state index in [1.165, 1.54) is 0 Å². The number of hydrogen-bond acceptors (Lipinski definition) is 4. The van der Waals surface area contributed by atoms with Crippen LogP contribution in [0.2, 0.25) is 0 Å². The molecule has 5 nitrogen and oxygen atoms in total. The average Bonchev–Trinajstić information content (AvgIpc) is 2.67. The van der Waals surface area contributed by atoms with E-state index in [0.29, 0.717) is 17.7 Å². The van der Waals surface area contributed by atoms with Crippen LogP contribution in [-0.2, 0) is 4.79 Å². The molecule has 0 aromatic heterocycles. The maximum atomic E-state index is 12.9. The summed E-state index contributed by atoms with van der Waals surface area (Å²) in [5.41, 5.74) is 3.25. The van der Waals surface area contributed by atoms with Crippen molar-refractivity contribution in [3.05, 3.63) is 70.0 Å². The predicted octanol–water partition coefficient (Wildman–Crippen LogP) is 2.74. The van der Waals surface area contributed by atoms with E-state index >= 15 is 0 Å². The zero-order chi connectivity index (χ0) is 19.7. The van der Waals surface area contributed by atoms with Gasteiger partial charge in [-0.2, -0.15) is 0 Å². The first-order valence-electron chi connectivity index (χ1n) is 9.35. The number of aliphatic hydroxyl groups is 3. The third-order valence-electron chi connectivity index (χ3n) is 5.69. The van der Waals surface area contributed by atoms with Crippen molar-refractivity contribution in [2.75, 3.05) is 6.54 Å². The zero-order valence-electron chi connectivity index (χ0n) is 15.9. The van der Waals surface area contributed by atoms with Crippen LogP contribution in [0.25, 0.3) is 0 Å². The molecular formula is C22H27NO4. The highest BCUT2D eigenvalue weighted by atomic mass is 16.3. The SMILES string of the molecule is CC1=CC2=C(C[C@@H](O)C(O)=C2C(=O)NCC(C)c2ccccc2)C(O)[C@@H]1C. The third-order valence-corrected chi connectivity index (χ3v) is 5.69. The Hall–Kier alpha value is -2.37. The molecule has 1 amide bonds. The van der Waals surface area contributed by atoms with Crippen LogP contribution in [0.5, 0.6) is 0 Å². The molecule has 0 fully saturated rings. The molecule has 27 heavy (non-hydrogen) atoms. The lowest BCUT2D eigenvalue weighted by Crippen LogP contribution is -2.37. The van der Waals surface area contributed by atoms with Gasteiger partial charge in [-0.05, 0) is 29.6 Å². The Balaban J connectivity index is 1.84. The predicted molar refractivity (Wildman–Crippen MR) is 104 cm³/mol. The highest BCUT2D eigenvalue weighted by molar-refractivity contribution is 6.00. The highest BCUT2D eigenvalue weighted by Gasteiger charge is 2.37. The number of allylic oxidation sites excluding steroid dienone is 1. The van der Waals surface area contributed by atoms with Gasteiger partial charge in [-0.25, -0.2) is 0 Å². The topological polar surface area (TPSA) is 89.8 Å². The standard InChI is InChI=1S/C22H27NO4/c1-12-9-16-17(20(25)14(12)3)10-18(24)21(26)19(16)22(27)23-11-13(2)15-7-5-4-6-8-15/h4-9,13-14,18,20,24-26H,10-11H2,1-3H3,(H,23,27)/t13?,14-,18-,20?/m1/s1. The molecule has 2 unspecified atom stereocenters. The Kier molecular flexibility index (Phi) is 5.53. The fourth-order valence-corrected chi connectivity index (χ4v) is 3.71. The minimum atomic E-state index is -1.18. The molecule has 4 N–H and O–H groups in total. The number of benzene rings is 1. The van der Waals surface area contributed by atoms with Gasteiger partial charge in [0, 0.05) is 18.9 Å². The Morgan fingerprint density at radius 2 is 1.93 bits per heavy atom. The van der Waals surface area contributed by atoms with Crippen LogP contribution in [-0.4, -0.2) is 40.0 Å². The second kappa shape index (κ2) is 7.71. The molecule has 0 saturated heterocycles. The third kappa shape index (κ3) is 3.70. The first kappa shape index (κ1) is 19.4. The summed E-state index contributed by atoms with van der Waals surface area (Å²) in [6.07, 6.45) is 0.0290. The van der Waals surface area contributed by atoms with Crippen molar-refractivity contribution in [3.8, 4) is 0 Å². The van der Waals surface area contributed by atoms with E-state index in [0.717, 1.165) is 11.1 Å². The van der Waals surface area contributed by atoms with E-state index in [2.05, 4.69) is 5.32 Å². The van der Waals surface area contributed by atoms with E-state index in [4.69, 9.17) is 0 Å². The lowest BCUT2D eigenvalue weighted by Gasteiger charge is -2.34. The monoisotopic (exact) mass is 369 g/mol. The van der Waals surface area contributed by atoms with Gasteiger partial charge in [0.25, 0.3) is 5.91 Å². The quantitative estimate of drug-likeness (QED) is 0.657. The van der Waals surface area contributed by atoms with Crippen LogP contribution in [0, 0.1) is 5.92 Å². The molecule has 0 heterocycles. The number of carbonyl (C=O) groups excluding carboxylic acids is 1. The van der Waals surface area contributed by atoms with Crippen molar-refractivity contribution in [2.45, 2.75) is 45.3 Å². The molecule has 4 atom stereocenters. The van der Waals surface area contributed by atoms with Crippen molar-refractivity contribution < 1.29 is 20.1 Å². The Labute approximate surface area is 159 Å². The maximum absolute atomic E-state index is 12.9. The van der Waals surface area contributed by atoms with Crippen LogP contribution < -0.4 is 5.32 Å². The first-order chi connectivity index (χ1) is 12.8. The maximum Gasteiger partial charge on any atom is 0.255 e. The molecule has 1 aromatic rings. The second-order valence-corrected chi connectivity index (χ2v) is 7.56. The van der Waals surface area contributed by atoms with Crippen LogP contribution in [0.3, 0.4) is 0 Å². The molecule has 0 saturated carbocycles. The van der Waals surface area contributed by atoms with Crippen LogP contribution in [0.1, 0.15) is 38.7 Å². The minimum Gasteiger partial charge on any atom is -0.509 e. The fourth-order valence-electron chi connectivity index (χ4n) is 3.71. The van der Waals surface area contributed by atoms with E-state index in [1.807, 2.05) is 57.2 Å². The lowest BCUT2D eigenvalue weighted by molar-refractivity contribution is -0.117. The number of amides is 1. The van der Waals surface area contributed by atoms with Crippen molar-refractivity contribution >= 4 is 5.91 Å². The molecular weight excluding hydrogens is 342 g/mol. The van der Waals surface area contributed by atoms with Crippen LogP contribution in [0.4, 0.5) is 0 Å². The summed E-state index contributed by atoms with van der Waals surface area (Å²) in [5, 5.41) is 34.0. The van der Waals surface area contributed by atoms with E-state index in [1.54, 1.807) is 0 Å². The molecule has 2 aliphatic rings. The molecule has 0 spiro atoms. The van der Waals surface area contributed by atoms with Gasteiger partial charge in [-0.1, -0.05) is 55.8 Å². The van der Waals surface area contributed by atoms with Crippen molar-refractivity contribution in [1.29, 1.82) is 0 Å². The molecule has 0 radical (unpaired) electrons. The van der Waals surface area contributed by atoms with Crippen molar-refractivity contribution in [3.63, 3.8) is 0 Å². The highest BCUT2D eigenvalue weighted by Crippen LogP contribution is 2.40. The summed E-state index contributed by atoms with van der Waals surface area (Å²) >= 11 is 0. The zero-order valence-corrected chi connectivity index (χ0v) is 15.9. The summed E-state index contributed by atoms with van der Waals surface area (Å²) in [4.78, 5) is 12.9. The summed E-state index contributed by atoms with van der Waals surface area (Å²) < 4.78 is 0. The molecule has 144 valence electrons.